The van der Waals surface area contributed by atoms with Crippen molar-refractivity contribution < 1.29 is 4.79 Å². The fraction of sp³-hybridized carbons (Fsp3) is 0.600. The highest BCUT2D eigenvalue weighted by Gasteiger charge is 2.21. The highest BCUT2D eigenvalue weighted by molar-refractivity contribution is 5.99. The number of rotatable bonds is 4. The normalized spacial score (nSPS) is 15.5. The first kappa shape index (κ1) is 13.8. The number of hydrogen-bond donors (Lipinski definition) is 1. The lowest BCUT2D eigenvalue weighted by Gasteiger charge is -2.22. The molecule has 1 aromatic rings. The smallest absolute Gasteiger partial charge is 0.257 e. The fourth-order valence-electron chi connectivity index (χ4n) is 2.81. The van der Waals surface area contributed by atoms with E-state index in [1.165, 1.54) is 25.7 Å². The Labute approximate surface area is 115 Å². The molecule has 0 aliphatic heterocycles. The number of carbonyl (C=O) groups excluding carboxylic acids is 1. The van der Waals surface area contributed by atoms with Crippen molar-refractivity contribution >= 4 is 11.6 Å². The third-order valence-electron chi connectivity index (χ3n) is 3.89. The van der Waals surface area contributed by atoms with E-state index >= 15 is 0 Å². The molecule has 1 heterocycles. The molecule has 1 amide bonds. The van der Waals surface area contributed by atoms with Crippen LogP contribution >= 0.6 is 0 Å². The predicted molar refractivity (Wildman–Crippen MR) is 77.4 cm³/mol. The van der Waals surface area contributed by atoms with Crippen LogP contribution in [-0.4, -0.2) is 36.4 Å². The zero-order chi connectivity index (χ0) is 13.8. The third-order valence-corrected chi connectivity index (χ3v) is 3.89. The van der Waals surface area contributed by atoms with Gasteiger partial charge in [-0.1, -0.05) is 12.8 Å². The van der Waals surface area contributed by atoms with E-state index in [0.29, 0.717) is 11.5 Å². The summed E-state index contributed by atoms with van der Waals surface area (Å²) in [6.07, 6.45) is 6.79. The highest BCUT2D eigenvalue weighted by atomic mass is 16.2. The van der Waals surface area contributed by atoms with Gasteiger partial charge < -0.3 is 10.2 Å². The zero-order valence-corrected chi connectivity index (χ0v) is 12.1. The summed E-state index contributed by atoms with van der Waals surface area (Å²) in [6, 6.07) is 1.91. The second kappa shape index (κ2) is 6.04. The summed E-state index contributed by atoms with van der Waals surface area (Å²) in [5.74, 6) is 0.731. The van der Waals surface area contributed by atoms with E-state index < -0.39 is 0 Å². The molecule has 0 spiro atoms. The lowest BCUT2D eigenvalue weighted by Crippen LogP contribution is -2.31. The van der Waals surface area contributed by atoms with Crippen LogP contribution in [-0.2, 0) is 0 Å². The van der Waals surface area contributed by atoms with Gasteiger partial charge in [-0.15, -0.1) is 0 Å². The van der Waals surface area contributed by atoms with Gasteiger partial charge in [-0.2, -0.15) is 0 Å². The Hall–Kier alpha value is -1.58. The Bertz CT molecular complexity index is 453. The minimum Gasteiger partial charge on any atom is -0.387 e. The number of amides is 1. The molecule has 4 nitrogen and oxygen atoms in total. The fourth-order valence-corrected chi connectivity index (χ4v) is 2.81. The number of carbonyl (C=O) groups is 1. The Balaban J connectivity index is 2.09. The van der Waals surface area contributed by atoms with Gasteiger partial charge in [0.1, 0.15) is 0 Å². The van der Waals surface area contributed by atoms with Gasteiger partial charge in [0, 0.05) is 32.5 Å². The first-order valence-corrected chi connectivity index (χ1v) is 7.01. The molecule has 1 N–H and O–H groups in total. The van der Waals surface area contributed by atoms with Crippen molar-refractivity contribution in [3.63, 3.8) is 0 Å². The number of pyridine rings is 1. The largest absolute Gasteiger partial charge is 0.387 e. The Morgan fingerprint density at radius 3 is 2.79 bits per heavy atom. The Morgan fingerprint density at radius 2 is 2.16 bits per heavy atom. The molecule has 2 rings (SSSR count). The van der Waals surface area contributed by atoms with Gasteiger partial charge in [0.2, 0.25) is 0 Å². The molecule has 1 fully saturated rings. The molecule has 1 saturated carbocycles. The van der Waals surface area contributed by atoms with Crippen LogP contribution in [0.15, 0.2) is 12.3 Å². The lowest BCUT2D eigenvalue weighted by atomic mass is 10.1. The first-order chi connectivity index (χ1) is 9.11. The highest BCUT2D eigenvalue weighted by Crippen LogP contribution is 2.26. The van der Waals surface area contributed by atoms with Gasteiger partial charge in [-0.05, 0) is 31.7 Å². The summed E-state index contributed by atoms with van der Waals surface area (Å²) < 4.78 is 0. The molecular formula is C15H23N3O. The quantitative estimate of drug-likeness (QED) is 0.906. The summed E-state index contributed by atoms with van der Waals surface area (Å²) in [7, 11) is 3.72. The minimum absolute atomic E-state index is 0.0590. The molecule has 0 unspecified atom stereocenters. The number of nitrogens with zero attached hydrogens (tertiary/aromatic N) is 2. The summed E-state index contributed by atoms with van der Waals surface area (Å²) in [5.41, 5.74) is 2.43. The molecule has 0 atom stereocenters. The topological polar surface area (TPSA) is 45.2 Å². The number of aromatic nitrogens is 1. The number of aryl methyl sites for hydroxylation is 1. The summed E-state index contributed by atoms with van der Waals surface area (Å²) in [5, 5.41) is 3.08. The van der Waals surface area contributed by atoms with E-state index in [2.05, 4.69) is 10.3 Å². The van der Waals surface area contributed by atoms with Crippen LogP contribution in [0.3, 0.4) is 0 Å². The van der Waals surface area contributed by atoms with Crippen LogP contribution in [0.5, 0.6) is 0 Å². The molecule has 4 heteroatoms. The van der Waals surface area contributed by atoms with Crippen molar-refractivity contribution in [2.75, 3.05) is 26.0 Å². The molecule has 104 valence electrons. The van der Waals surface area contributed by atoms with Gasteiger partial charge in [0.15, 0.2) is 0 Å². The maximum Gasteiger partial charge on any atom is 0.257 e. The number of anilines is 1. The van der Waals surface area contributed by atoms with Crippen molar-refractivity contribution in [3.8, 4) is 0 Å². The van der Waals surface area contributed by atoms with Gasteiger partial charge in [0.25, 0.3) is 5.91 Å². The average molecular weight is 261 g/mol. The molecule has 0 saturated heterocycles. The van der Waals surface area contributed by atoms with Crippen LogP contribution in [0.25, 0.3) is 0 Å². The van der Waals surface area contributed by atoms with Crippen molar-refractivity contribution in [2.45, 2.75) is 32.6 Å². The summed E-state index contributed by atoms with van der Waals surface area (Å²) in [4.78, 5) is 18.5. The number of nitrogens with one attached hydrogen (secondary N) is 1. The van der Waals surface area contributed by atoms with E-state index in [0.717, 1.165) is 17.9 Å². The van der Waals surface area contributed by atoms with E-state index in [1.54, 1.807) is 6.20 Å². The van der Waals surface area contributed by atoms with Gasteiger partial charge >= 0.3 is 0 Å². The molecule has 19 heavy (non-hydrogen) atoms. The number of hydrogen-bond acceptors (Lipinski definition) is 3. The molecular weight excluding hydrogens is 238 g/mol. The standard InChI is InChI=1S/C15H23N3O/c1-11-8-14(16-2)13(9-17-11)15(19)18(3)10-12-6-4-5-7-12/h8-9,12H,4-7,10H2,1-3H3,(H,16,17). The van der Waals surface area contributed by atoms with Gasteiger partial charge in [-0.25, -0.2) is 0 Å². The predicted octanol–water partition coefficient (Wildman–Crippen LogP) is 2.69. The molecule has 1 aliphatic rings. The van der Waals surface area contributed by atoms with Crippen molar-refractivity contribution in [3.05, 3.63) is 23.5 Å². The zero-order valence-electron chi connectivity index (χ0n) is 12.1. The lowest BCUT2D eigenvalue weighted by molar-refractivity contribution is 0.0774. The molecule has 0 radical (unpaired) electrons. The molecule has 1 aliphatic carbocycles. The van der Waals surface area contributed by atoms with Crippen LogP contribution in [0.2, 0.25) is 0 Å². The summed E-state index contributed by atoms with van der Waals surface area (Å²) >= 11 is 0. The first-order valence-electron chi connectivity index (χ1n) is 7.01. The summed E-state index contributed by atoms with van der Waals surface area (Å²) in [6.45, 7) is 2.78. The average Bonchev–Trinajstić information content (AvgIpc) is 2.90. The van der Waals surface area contributed by atoms with Crippen molar-refractivity contribution in [1.29, 1.82) is 0 Å². The maximum absolute atomic E-state index is 12.5. The SMILES string of the molecule is CNc1cc(C)ncc1C(=O)N(C)CC1CCCC1. The monoisotopic (exact) mass is 261 g/mol. The van der Waals surface area contributed by atoms with Crippen LogP contribution in [0.4, 0.5) is 5.69 Å². The Morgan fingerprint density at radius 1 is 1.47 bits per heavy atom. The van der Waals surface area contributed by atoms with Crippen LogP contribution in [0.1, 0.15) is 41.7 Å². The van der Waals surface area contributed by atoms with Gasteiger partial charge in [0.05, 0.1) is 11.3 Å². The van der Waals surface area contributed by atoms with Gasteiger partial charge in [-0.3, -0.25) is 9.78 Å². The van der Waals surface area contributed by atoms with Crippen LogP contribution in [0, 0.1) is 12.8 Å². The van der Waals surface area contributed by atoms with Crippen LogP contribution < -0.4 is 5.32 Å². The minimum atomic E-state index is 0.0590. The molecule has 0 aromatic carbocycles. The second-order valence-corrected chi connectivity index (χ2v) is 5.46. The van der Waals surface area contributed by atoms with Crippen molar-refractivity contribution in [1.82, 2.24) is 9.88 Å². The third kappa shape index (κ3) is 3.25. The van der Waals surface area contributed by atoms with E-state index in [9.17, 15) is 4.79 Å². The van der Waals surface area contributed by atoms with E-state index in [-0.39, 0.29) is 5.91 Å². The Kier molecular flexibility index (Phi) is 4.40. The maximum atomic E-state index is 12.5. The van der Waals surface area contributed by atoms with Crippen molar-refractivity contribution in [2.24, 2.45) is 5.92 Å². The molecule has 0 bridgehead atoms. The van der Waals surface area contributed by atoms with E-state index in [4.69, 9.17) is 0 Å². The molecule has 1 aromatic heterocycles. The van der Waals surface area contributed by atoms with E-state index in [1.807, 2.05) is 32.0 Å². The second-order valence-electron chi connectivity index (χ2n) is 5.46.